The van der Waals surface area contributed by atoms with Crippen molar-refractivity contribution < 1.29 is 26.4 Å². The molecule has 0 aliphatic rings. The first kappa shape index (κ1) is 24.6. The van der Waals surface area contributed by atoms with Crippen molar-refractivity contribution in [2.75, 3.05) is 21.6 Å². The first-order valence-corrected chi connectivity index (χ1v) is 12.4. The summed E-state index contributed by atoms with van der Waals surface area (Å²) >= 11 is 1.02. The van der Waals surface area contributed by atoms with Crippen molar-refractivity contribution in [2.24, 2.45) is 0 Å². The van der Waals surface area contributed by atoms with Gasteiger partial charge in [0.1, 0.15) is 17.5 Å². The van der Waals surface area contributed by atoms with E-state index in [1.165, 1.54) is 12.1 Å². The number of hydrogen-bond acceptors (Lipinski definition) is 6. The Hall–Kier alpha value is -3.06. The van der Waals surface area contributed by atoms with E-state index in [0.717, 1.165) is 46.6 Å². The second-order valence-corrected chi connectivity index (χ2v) is 9.70. The number of halogens is 3. The van der Waals surface area contributed by atoms with Gasteiger partial charge < -0.3 is 9.88 Å². The van der Waals surface area contributed by atoms with Crippen LogP contribution in [-0.4, -0.2) is 41.1 Å². The number of benzene rings is 2. The third-order valence-electron chi connectivity index (χ3n) is 4.45. The molecule has 0 saturated carbocycles. The predicted octanol–water partition coefficient (Wildman–Crippen LogP) is 3.41. The van der Waals surface area contributed by atoms with Crippen LogP contribution in [0, 0.1) is 17.5 Å². The van der Waals surface area contributed by atoms with Gasteiger partial charge in [0, 0.05) is 12.6 Å². The molecule has 1 amide bonds. The van der Waals surface area contributed by atoms with Crippen LogP contribution in [0.25, 0.3) is 0 Å². The molecule has 0 atom stereocenters. The van der Waals surface area contributed by atoms with Gasteiger partial charge in [0.2, 0.25) is 15.9 Å². The molecular formula is C20H20F3N5O3S2. The fraction of sp³-hybridized carbons (Fsp3) is 0.250. The molecule has 1 N–H and O–H groups in total. The van der Waals surface area contributed by atoms with Crippen molar-refractivity contribution in [1.82, 2.24) is 14.8 Å². The van der Waals surface area contributed by atoms with Crippen LogP contribution in [0.2, 0.25) is 0 Å². The molecule has 1 aromatic heterocycles. The molecule has 0 aliphatic carbocycles. The highest BCUT2D eigenvalue weighted by molar-refractivity contribution is 7.99. The molecule has 8 nitrogen and oxygen atoms in total. The normalized spacial score (nSPS) is 11.4. The SMILES string of the molecule is CCn1c(CN(c2ccc(F)cc2)S(C)(=O)=O)nnc1SCC(=O)Nc1ccc(F)cc1F. The number of nitrogens with zero attached hydrogens (tertiary/aromatic N) is 4. The lowest BCUT2D eigenvalue weighted by Gasteiger charge is -2.22. The Labute approximate surface area is 192 Å². The highest BCUT2D eigenvalue weighted by atomic mass is 32.2. The van der Waals surface area contributed by atoms with E-state index in [4.69, 9.17) is 0 Å². The minimum absolute atomic E-state index is 0.136. The zero-order chi connectivity index (χ0) is 24.2. The van der Waals surface area contributed by atoms with Gasteiger partial charge in [0.25, 0.3) is 0 Å². The summed E-state index contributed by atoms with van der Waals surface area (Å²) in [5, 5.41) is 10.8. The van der Waals surface area contributed by atoms with Gasteiger partial charge in [0.15, 0.2) is 11.0 Å². The van der Waals surface area contributed by atoms with Crippen LogP contribution in [0.3, 0.4) is 0 Å². The van der Waals surface area contributed by atoms with Crippen LogP contribution in [0.15, 0.2) is 47.6 Å². The molecule has 2 aromatic carbocycles. The third-order valence-corrected chi connectivity index (χ3v) is 6.55. The summed E-state index contributed by atoms with van der Waals surface area (Å²) in [5.41, 5.74) is 0.113. The van der Waals surface area contributed by atoms with Crippen LogP contribution in [0.1, 0.15) is 12.7 Å². The molecular weight excluding hydrogens is 479 g/mol. The lowest BCUT2D eigenvalue weighted by Crippen LogP contribution is -2.30. The Bertz CT molecular complexity index is 1250. The van der Waals surface area contributed by atoms with Crippen molar-refractivity contribution in [3.8, 4) is 0 Å². The monoisotopic (exact) mass is 499 g/mol. The highest BCUT2D eigenvalue weighted by Crippen LogP contribution is 2.23. The molecule has 176 valence electrons. The van der Waals surface area contributed by atoms with E-state index in [2.05, 4.69) is 15.5 Å². The number of carbonyl (C=O) groups excluding carboxylic acids is 1. The molecule has 0 bridgehead atoms. The number of nitrogens with one attached hydrogen (secondary N) is 1. The van der Waals surface area contributed by atoms with Crippen molar-refractivity contribution in [1.29, 1.82) is 0 Å². The predicted molar refractivity (Wildman–Crippen MR) is 119 cm³/mol. The second-order valence-electron chi connectivity index (χ2n) is 6.85. The van der Waals surface area contributed by atoms with E-state index < -0.39 is 33.4 Å². The molecule has 0 spiro atoms. The Morgan fingerprint density at radius 1 is 1.09 bits per heavy atom. The molecule has 3 aromatic rings. The number of rotatable bonds is 9. The summed E-state index contributed by atoms with van der Waals surface area (Å²) < 4.78 is 67.3. The van der Waals surface area contributed by atoms with E-state index in [0.29, 0.717) is 23.6 Å². The van der Waals surface area contributed by atoms with Crippen molar-refractivity contribution in [3.05, 3.63) is 65.7 Å². The number of carbonyl (C=O) groups is 1. The van der Waals surface area contributed by atoms with E-state index in [9.17, 15) is 26.4 Å². The second kappa shape index (κ2) is 10.3. The van der Waals surface area contributed by atoms with Gasteiger partial charge in [-0.2, -0.15) is 0 Å². The summed E-state index contributed by atoms with van der Waals surface area (Å²) in [4.78, 5) is 12.2. The number of sulfonamides is 1. The fourth-order valence-electron chi connectivity index (χ4n) is 2.90. The highest BCUT2D eigenvalue weighted by Gasteiger charge is 2.22. The molecule has 3 rings (SSSR count). The van der Waals surface area contributed by atoms with Crippen molar-refractivity contribution in [2.45, 2.75) is 25.2 Å². The first-order chi connectivity index (χ1) is 15.6. The minimum Gasteiger partial charge on any atom is -0.323 e. The zero-order valence-corrected chi connectivity index (χ0v) is 19.3. The lowest BCUT2D eigenvalue weighted by molar-refractivity contribution is -0.113. The Balaban J connectivity index is 1.73. The molecule has 13 heteroatoms. The van der Waals surface area contributed by atoms with E-state index in [1.54, 1.807) is 11.5 Å². The largest absolute Gasteiger partial charge is 0.323 e. The Morgan fingerprint density at radius 3 is 2.36 bits per heavy atom. The number of anilines is 2. The molecule has 33 heavy (non-hydrogen) atoms. The van der Waals surface area contributed by atoms with E-state index in [-0.39, 0.29) is 23.7 Å². The standard InChI is InChI=1S/C20H20F3N5O3S2/c1-3-27-18(11-28(33(2,30)31)15-7-4-13(21)5-8-15)25-26-20(27)32-12-19(29)24-17-9-6-14(22)10-16(17)23/h4-10H,3,11-12H2,1-2H3,(H,24,29). The van der Waals surface area contributed by atoms with Gasteiger partial charge in [0.05, 0.1) is 29.9 Å². The minimum atomic E-state index is -3.72. The third kappa shape index (κ3) is 6.26. The van der Waals surface area contributed by atoms with Crippen LogP contribution in [0.5, 0.6) is 0 Å². The van der Waals surface area contributed by atoms with Crippen molar-refractivity contribution >= 4 is 39.1 Å². The molecule has 0 aliphatic heterocycles. The summed E-state index contributed by atoms with van der Waals surface area (Å²) in [6.45, 7) is 2.03. The Morgan fingerprint density at radius 2 is 1.76 bits per heavy atom. The van der Waals surface area contributed by atoms with Gasteiger partial charge in [-0.15, -0.1) is 10.2 Å². The smallest absolute Gasteiger partial charge is 0.234 e. The summed E-state index contributed by atoms with van der Waals surface area (Å²) in [7, 11) is -3.72. The Kier molecular flexibility index (Phi) is 7.64. The van der Waals surface area contributed by atoms with Crippen LogP contribution in [-0.2, 0) is 27.9 Å². The maximum Gasteiger partial charge on any atom is 0.234 e. The number of aromatic nitrogens is 3. The number of thioether (sulfide) groups is 1. The average Bonchev–Trinajstić information content (AvgIpc) is 3.14. The molecule has 0 radical (unpaired) electrons. The van der Waals surface area contributed by atoms with Gasteiger partial charge in [-0.25, -0.2) is 21.6 Å². The van der Waals surface area contributed by atoms with Crippen LogP contribution in [0.4, 0.5) is 24.5 Å². The van der Waals surface area contributed by atoms with Gasteiger partial charge in [-0.05, 0) is 43.3 Å². The summed E-state index contributed by atoms with van der Waals surface area (Å²) in [5.74, 6) is -2.51. The fourth-order valence-corrected chi connectivity index (χ4v) is 4.58. The van der Waals surface area contributed by atoms with Gasteiger partial charge >= 0.3 is 0 Å². The average molecular weight is 500 g/mol. The van der Waals surface area contributed by atoms with Crippen LogP contribution < -0.4 is 9.62 Å². The van der Waals surface area contributed by atoms with Gasteiger partial charge in [-0.3, -0.25) is 9.10 Å². The van der Waals surface area contributed by atoms with Gasteiger partial charge in [-0.1, -0.05) is 11.8 Å². The first-order valence-electron chi connectivity index (χ1n) is 9.61. The van der Waals surface area contributed by atoms with Crippen LogP contribution >= 0.6 is 11.8 Å². The summed E-state index contributed by atoms with van der Waals surface area (Å²) in [6.07, 6.45) is 1.03. The number of amides is 1. The number of hydrogen-bond donors (Lipinski definition) is 1. The van der Waals surface area contributed by atoms with E-state index in [1.807, 2.05) is 0 Å². The maximum atomic E-state index is 13.7. The summed E-state index contributed by atoms with van der Waals surface area (Å²) in [6, 6.07) is 7.81. The zero-order valence-electron chi connectivity index (χ0n) is 17.6. The molecule has 0 saturated heterocycles. The van der Waals surface area contributed by atoms with Crippen molar-refractivity contribution in [3.63, 3.8) is 0 Å². The topological polar surface area (TPSA) is 97.2 Å². The maximum absolute atomic E-state index is 13.7. The quantitative estimate of drug-likeness (QED) is 0.453. The lowest BCUT2D eigenvalue weighted by atomic mass is 10.3. The molecule has 0 unspecified atom stereocenters. The molecule has 0 fully saturated rings. The molecule has 1 heterocycles. The van der Waals surface area contributed by atoms with E-state index >= 15 is 0 Å².